The fourth-order valence-electron chi connectivity index (χ4n) is 9.41. The van der Waals surface area contributed by atoms with Gasteiger partial charge in [0.2, 0.25) is 0 Å². The number of hydrogen-bond donors (Lipinski definition) is 0. The lowest BCUT2D eigenvalue weighted by molar-refractivity contribution is 0.669. The van der Waals surface area contributed by atoms with Gasteiger partial charge in [-0.05, 0) is 111 Å². The molecule has 0 saturated heterocycles. The van der Waals surface area contributed by atoms with Gasteiger partial charge in [0.1, 0.15) is 11.2 Å². The smallest absolute Gasteiger partial charge is 0.136 e. The van der Waals surface area contributed by atoms with Gasteiger partial charge in [-0.25, -0.2) is 0 Å². The van der Waals surface area contributed by atoms with Gasteiger partial charge in [0.25, 0.3) is 0 Å². The molecule has 0 spiro atoms. The number of benzene rings is 10. The Kier molecular flexibility index (Phi) is 6.79. The SMILES string of the molecule is c1ccc2c(N(c3ccc4sc5cccc(-c6ccc7oc8ccc9ccccc9c8c7c6)c5c4c3)c3ccc4sc5ccc6ccccc6c5c4c3)cccc2c1. The highest BCUT2D eigenvalue weighted by molar-refractivity contribution is 7.26. The van der Waals surface area contributed by atoms with Crippen molar-refractivity contribution >= 4 is 134 Å². The fourth-order valence-corrected chi connectivity index (χ4v) is 11.6. The summed E-state index contributed by atoms with van der Waals surface area (Å²) in [6.45, 7) is 0. The Morgan fingerprint density at radius 3 is 1.67 bits per heavy atom. The predicted molar refractivity (Wildman–Crippen MR) is 252 cm³/mol. The van der Waals surface area contributed by atoms with Crippen molar-refractivity contribution in [2.45, 2.75) is 0 Å². The molecule has 270 valence electrons. The Balaban J connectivity index is 1.05. The summed E-state index contributed by atoms with van der Waals surface area (Å²) in [5, 5.41) is 14.9. The molecule has 2 nitrogen and oxygen atoms in total. The van der Waals surface area contributed by atoms with Crippen molar-refractivity contribution in [3.63, 3.8) is 0 Å². The Labute approximate surface area is 341 Å². The average molecular weight is 774 g/mol. The molecule has 3 aromatic heterocycles. The standard InChI is InChI=1S/C54H31NOS2/c1-4-13-38-32(9-1)12-7-17-45(38)55(36-23-28-49-43(30-36)53-40-15-6-3-11-34(40)21-26-51(53)58-49)37-22-27-48-44(31-37)54-41(16-8-18-50(54)57-48)35-20-24-46-42(29-35)52-39-14-5-2-10-33(39)19-25-47(52)56-46/h1-31H. The lowest BCUT2D eigenvalue weighted by Gasteiger charge is -2.27. The number of hydrogen-bond acceptors (Lipinski definition) is 4. The molecule has 13 aromatic rings. The second-order valence-corrected chi connectivity index (χ2v) is 17.4. The minimum atomic E-state index is 0.911. The van der Waals surface area contributed by atoms with Gasteiger partial charge in [0.05, 0.1) is 5.69 Å². The van der Waals surface area contributed by atoms with Crippen LogP contribution in [0.3, 0.4) is 0 Å². The summed E-state index contributed by atoms with van der Waals surface area (Å²) in [5.74, 6) is 0. The topological polar surface area (TPSA) is 16.4 Å². The molecule has 0 unspecified atom stereocenters. The number of anilines is 3. The van der Waals surface area contributed by atoms with Gasteiger partial charge in [-0.1, -0.05) is 115 Å². The lowest BCUT2D eigenvalue weighted by Crippen LogP contribution is -2.10. The van der Waals surface area contributed by atoms with Gasteiger partial charge in [0, 0.05) is 67.9 Å². The van der Waals surface area contributed by atoms with Crippen LogP contribution in [-0.4, -0.2) is 0 Å². The van der Waals surface area contributed by atoms with Crippen molar-refractivity contribution < 1.29 is 4.42 Å². The van der Waals surface area contributed by atoms with Crippen LogP contribution in [0, 0.1) is 0 Å². The van der Waals surface area contributed by atoms with E-state index in [9.17, 15) is 0 Å². The Hall–Kier alpha value is -6.98. The van der Waals surface area contributed by atoms with Crippen LogP contribution in [0.25, 0.3) is 106 Å². The van der Waals surface area contributed by atoms with Crippen LogP contribution in [0.15, 0.2) is 192 Å². The van der Waals surface area contributed by atoms with E-state index in [1.54, 1.807) is 0 Å². The zero-order valence-electron chi connectivity index (χ0n) is 31.1. The maximum atomic E-state index is 6.41. The van der Waals surface area contributed by atoms with Crippen molar-refractivity contribution in [1.29, 1.82) is 0 Å². The second-order valence-electron chi connectivity index (χ2n) is 15.2. The number of fused-ring (bicyclic) bond motifs is 14. The average Bonchev–Trinajstić information content (AvgIpc) is 3.97. The summed E-state index contributed by atoms with van der Waals surface area (Å²) in [7, 11) is 0. The maximum absolute atomic E-state index is 6.41. The molecule has 4 heteroatoms. The van der Waals surface area contributed by atoms with Crippen molar-refractivity contribution in [2.24, 2.45) is 0 Å². The summed E-state index contributed by atoms with van der Waals surface area (Å²) in [6.07, 6.45) is 0. The van der Waals surface area contributed by atoms with Crippen LogP contribution in [0.2, 0.25) is 0 Å². The summed E-state index contributed by atoms with van der Waals surface area (Å²) >= 11 is 3.74. The van der Waals surface area contributed by atoms with Crippen LogP contribution < -0.4 is 4.90 Å². The molecule has 0 radical (unpaired) electrons. The molecule has 0 aliphatic carbocycles. The van der Waals surface area contributed by atoms with Gasteiger partial charge >= 0.3 is 0 Å². The minimum Gasteiger partial charge on any atom is -0.456 e. The summed E-state index contributed by atoms with van der Waals surface area (Å²) in [6, 6.07) is 69.1. The van der Waals surface area contributed by atoms with Crippen LogP contribution in [0.5, 0.6) is 0 Å². The highest BCUT2D eigenvalue weighted by Crippen LogP contribution is 2.48. The van der Waals surface area contributed by atoms with Gasteiger partial charge in [-0.15, -0.1) is 22.7 Å². The Morgan fingerprint density at radius 1 is 0.345 bits per heavy atom. The van der Waals surface area contributed by atoms with Gasteiger partial charge in [-0.2, -0.15) is 0 Å². The molecule has 0 saturated carbocycles. The van der Waals surface area contributed by atoms with Gasteiger partial charge in [-0.3, -0.25) is 0 Å². The number of thiophene rings is 2. The Morgan fingerprint density at radius 2 is 0.914 bits per heavy atom. The third-order valence-corrected chi connectivity index (χ3v) is 14.3. The minimum absolute atomic E-state index is 0.911. The van der Waals surface area contributed by atoms with E-state index in [-0.39, 0.29) is 0 Å². The molecule has 13 rings (SSSR count). The molecule has 0 aliphatic heterocycles. The van der Waals surface area contributed by atoms with Crippen molar-refractivity contribution in [1.82, 2.24) is 0 Å². The zero-order valence-corrected chi connectivity index (χ0v) is 32.7. The monoisotopic (exact) mass is 773 g/mol. The van der Waals surface area contributed by atoms with Crippen molar-refractivity contribution in [3.05, 3.63) is 188 Å². The quantitative estimate of drug-likeness (QED) is 0.177. The lowest BCUT2D eigenvalue weighted by atomic mass is 9.96. The molecular formula is C54H31NOS2. The molecule has 0 N–H and O–H groups in total. The van der Waals surface area contributed by atoms with E-state index in [1.165, 1.54) is 89.2 Å². The molecule has 0 bridgehead atoms. The molecule has 10 aromatic carbocycles. The first-order valence-electron chi connectivity index (χ1n) is 19.7. The van der Waals surface area contributed by atoms with Crippen molar-refractivity contribution in [2.75, 3.05) is 4.90 Å². The molecule has 0 fully saturated rings. The van der Waals surface area contributed by atoms with Gasteiger partial charge in [0.15, 0.2) is 0 Å². The highest BCUT2D eigenvalue weighted by Gasteiger charge is 2.21. The van der Waals surface area contributed by atoms with Crippen molar-refractivity contribution in [3.8, 4) is 11.1 Å². The fraction of sp³-hybridized carbons (Fsp3) is 0. The van der Waals surface area contributed by atoms with Crippen LogP contribution in [-0.2, 0) is 0 Å². The maximum Gasteiger partial charge on any atom is 0.136 e. The van der Waals surface area contributed by atoms with E-state index in [4.69, 9.17) is 4.42 Å². The van der Waals surface area contributed by atoms with E-state index >= 15 is 0 Å². The van der Waals surface area contributed by atoms with Crippen LogP contribution >= 0.6 is 22.7 Å². The zero-order chi connectivity index (χ0) is 37.9. The molecule has 0 aliphatic rings. The number of rotatable bonds is 4. The largest absolute Gasteiger partial charge is 0.456 e. The Bertz CT molecular complexity index is 3820. The first-order valence-corrected chi connectivity index (χ1v) is 21.3. The molecule has 3 heterocycles. The predicted octanol–water partition coefficient (Wildman–Crippen LogP) is 16.9. The summed E-state index contributed by atoms with van der Waals surface area (Å²) in [4.78, 5) is 2.47. The van der Waals surface area contributed by atoms with E-state index in [0.29, 0.717) is 0 Å². The van der Waals surface area contributed by atoms with Gasteiger partial charge < -0.3 is 9.32 Å². The van der Waals surface area contributed by atoms with E-state index in [0.717, 1.165) is 33.6 Å². The highest BCUT2D eigenvalue weighted by atomic mass is 32.1. The normalized spacial score (nSPS) is 12.1. The van der Waals surface area contributed by atoms with E-state index in [2.05, 4.69) is 193 Å². The van der Waals surface area contributed by atoms with E-state index < -0.39 is 0 Å². The van der Waals surface area contributed by atoms with E-state index in [1.807, 2.05) is 22.7 Å². The summed E-state index contributed by atoms with van der Waals surface area (Å²) < 4.78 is 11.6. The van der Waals surface area contributed by atoms with Crippen LogP contribution in [0.1, 0.15) is 0 Å². The molecule has 0 atom stereocenters. The van der Waals surface area contributed by atoms with Crippen LogP contribution in [0.4, 0.5) is 17.1 Å². The third kappa shape index (κ3) is 4.70. The first kappa shape index (κ1) is 32.1. The molecule has 0 amide bonds. The third-order valence-electron chi connectivity index (χ3n) is 12.0. The first-order chi connectivity index (χ1) is 28.7. The number of nitrogens with zero attached hydrogens (tertiary/aromatic N) is 1. The number of furan rings is 1. The second kappa shape index (κ2) is 12.3. The molecular weight excluding hydrogens is 743 g/mol. The molecule has 58 heavy (non-hydrogen) atoms. The summed E-state index contributed by atoms with van der Waals surface area (Å²) in [5.41, 5.74) is 7.67.